The molecule has 1 saturated heterocycles. The molecule has 1 N–H and O–H groups in total. The Morgan fingerprint density at radius 2 is 2.29 bits per heavy atom. The van der Waals surface area contributed by atoms with Crippen LogP contribution in [0.4, 0.5) is 4.39 Å². The minimum absolute atomic E-state index is 0.173. The van der Waals surface area contributed by atoms with E-state index in [-0.39, 0.29) is 5.82 Å². The van der Waals surface area contributed by atoms with Crippen molar-refractivity contribution in [3.63, 3.8) is 0 Å². The van der Waals surface area contributed by atoms with Crippen LogP contribution in [0.25, 0.3) is 0 Å². The molecule has 14 heavy (non-hydrogen) atoms. The normalized spacial score (nSPS) is 16.6. The zero-order valence-corrected chi connectivity index (χ0v) is 8.00. The molecule has 2 rings (SSSR count). The van der Waals surface area contributed by atoms with Gasteiger partial charge in [0.25, 0.3) is 0 Å². The van der Waals surface area contributed by atoms with E-state index in [4.69, 9.17) is 4.74 Å². The second-order valence-corrected chi connectivity index (χ2v) is 3.53. The van der Waals surface area contributed by atoms with Crippen molar-refractivity contribution < 1.29 is 9.13 Å². The molecule has 0 aliphatic carbocycles. The third-order valence-corrected chi connectivity index (χ3v) is 2.38. The summed E-state index contributed by atoms with van der Waals surface area (Å²) in [7, 11) is 0. The molecule has 1 fully saturated rings. The summed E-state index contributed by atoms with van der Waals surface area (Å²) in [5.41, 5.74) is 0.997. The molecule has 1 heterocycles. The van der Waals surface area contributed by atoms with Gasteiger partial charge in [-0.3, -0.25) is 0 Å². The molecule has 3 heteroatoms. The summed E-state index contributed by atoms with van der Waals surface area (Å²) < 4.78 is 18.3. The highest BCUT2D eigenvalue weighted by molar-refractivity contribution is 5.16. The van der Waals surface area contributed by atoms with E-state index >= 15 is 0 Å². The van der Waals surface area contributed by atoms with Crippen molar-refractivity contribution in [2.75, 3.05) is 19.7 Å². The Morgan fingerprint density at radius 1 is 1.43 bits per heavy atom. The van der Waals surface area contributed by atoms with Crippen LogP contribution in [0.15, 0.2) is 24.3 Å². The first-order valence-electron chi connectivity index (χ1n) is 4.91. The predicted octanol–water partition coefficient (Wildman–Crippen LogP) is 1.36. The van der Waals surface area contributed by atoms with Gasteiger partial charge < -0.3 is 10.1 Å². The molecule has 1 aliphatic rings. The first kappa shape index (κ1) is 9.62. The minimum atomic E-state index is -0.173. The van der Waals surface area contributed by atoms with Gasteiger partial charge in [0.15, 0.2) is 0 Å². The molecule has 1 aromatic rings. The molecule has 0 spiro atoms. The van der Waals surface area contributed by atoms with E-state index < -0.39 is 0 Å². The van der Waals surface area contributed by atoms with Crippen LogP contribution in [0.3, 0.4) is 0 Å². The second-order valence-electron chi connectivity index (χ2n) is 3.53. The molecule has 0 saturated carbocycles. The summed E-state index contributed by atoms with van der Waals surface area (Å²) in [6, 6.07) is 6.67. The van der Waals surface area contributed by atoms with Gasteiger partial charge in [-0.2, -0.15) is 0 Å². The highest BCUT2D eigenvalue weighted by Crippen LogP contribution is 2.05. The fourth-order valence-electron chi connectivity index (χ4n) is 1.42. The van der Waals surface area contributed by atoms with E-state index in [1.807, 2.05) is 6.07 Å². The lowest BCUT2D eigenvalue weighted by atomic mass is 10.1. The van der Waals surface area contributed by atoms with Crippen molar-refractivity contribution in [1.29, 1.82) is 0 Å². The molecular formula is C11H14FNO. The minimum Gasteiger partial charge on any atom is -0.375 e. The number of hydrogen-bond acceptors (Lipinski definition) is 2. The Morgan fingerprint density at radius 3 is 2.93 bits per heavy atom. The van der Waals surface area contributed by atoms with Crippen LogP contribution in [0.2, 0.25) is 0 Å². The summed E-state index contributed by atoms with van der Waals surface area (Å²) in [5.74, 6) is -0.173. The average Bonchev–Trinajstić information content (AvgIpc) is 2.09. The van der Waals surface area contributed by atoms with Crippen molar-refractivity contribution in [1.82, 2.24) is 5.32 Å². The Balaban J connectivity index is 1.74. The van der Waals surface area contributed by atoms with Crippen LogP contribution in [-0.2, 0) is 11.2 Å². The lowest BCUT2D eigenvalue weighted by molar-refractivity contribution is 0.0208. The fraction of sp³-hybridized carbons (Fsp3) is 0.455. The van der Waals surface area contributed by atoms with E-state index in [1.165, 1.54) is 6.07 Å². The topological polar surface area (TPSA) is 21.3 Å². The zero-order valence-electron chi connectivity index (χ0n) is 8.00. The third kappa shape index (κ3) is 2.53. The lowest BCUT2D eigenvalue weighted by Crippen LogP contribution is -2.48. The number of nitrogens with one attached hydrogen (secondary N) is 1. The van der Waals surface area contributed by atoms with Gasteiger partial charge in [-0.15, -0.1) is 0 Å². The van der Waals surface area contributed by atoms with Crippen LogP contribution < -0.4 is 5.32 Å². The highest BCUT2D eigenvalue weighted by Gasteiger charge is 2.16. The Hall–Kier alpha value is -0.930. The molecule has 2 nitrogen and oxygen atoms in total. The van der Waals surface area contributed by atoms with E-state index in [0.29, 0.717) is 12.7 Å². The van der Waals surface area contributed by atoms with Gasteiger partial charge >= 0.3 is 0 Å². The van der Waals surface area contributed by atoms with Gasteiger partial charge in [0.1, 0.15) is 5.82 Å². The monoisotopic (exact) mass is 195 g/mol. The van der Waals surface area contributed by atoms with Gasteiger partial charge in [0, 0.05) is 13.1 Å². The van der Waals surface area contributed by atoms with E-state index in [2.05, 4.69) is 5.32 Å². The number of ether oxygens (including phenoxy) is 1. The van der Waals surface area contributed by atoms with Gasteiger partial charge in [-0.25, -0.2) is 4.39 Å². The smallest absolute Gasteiger partial charge is 0.123 e. The molecule has 0 amide bonds. The van der Waals surface area contributed by atoms with Crippen LogP contribution in [0, 0.1) is 5.82 Å². The van der Waals surface area contributed by atoms with Crippen molar-refractivity contribution in [2.24, 2.45) is 0 Å². The second kappa shape index (κ2) is 4.53. The van der Waals surface area contributed by atoms with Crippen molar-refractivity contribution in [3.05, 3.63) is 35.6 Å². The molecular weight excluding hydrogens is 181 g/mol. The molecule has 76 valence electrons. The van der Waals surface area contributed by atoms with Crippen molar-refractivity contribution in [2.45, 2.75) is 12.5 Å². The van der Waals surface area contributed by atoms with Crippen LogP contribution in [0.1, 0.15) is 5.56 Å². The van der Waals surface area contributed by atoms with Crippen molar-refractivity contribution >= 4 is 0 Å². The standard InChI is InChI=1S/C11H14FNO/c12-10-3-1-2-9(6-10)4-5-14-11-7-13-8-11/h1-3,6,11,13H,4-5,7-8H2. The lowest BCUT2D eigenvalue weighted by Gasteiger charge is -2.27. The summed E-state index contributed by atoms with van der Waals surface area (Å²) in [4.78, 5) is 0. The molecule has 0 aromatic heterocycles. The maximum Gasteiger partial charge on any atom is 0.123 e. The van der Waals surface area contributed by atoms with Gasteiger partial charge in [-0.05, 0) is 24.1 Å². The quantitative estimate of drug-likeness (QED) is 0.783. The predicted molar refractivity (Wildman–Crippen MR) is 52.7 cm³/mol. The Kier molecular flexibility index (Phi) is 3.11. The SMILES string of the molecule is Fc1cccc(CCOC2CNC2)c1. The molecule has 1 aromatic carbocycles. The van der Waals surface area contributed by atoms with Crippen LogP contribution in [0.5, 0.6) is 0 Å². The van der Waals surface area contributed by atoms with E-state index in [1.54, 1.807) is 12.1 Å². The van der Waals surface area contributed by atoms with Gasteiger partial charge in [-0.1, -0.05) is 12.1 Å². The zero-order chi connectivity index (χ0) is 9.80. The fourth-order valence-corrected chi connectivity index (χ4v) is 1.42. The Bertz CT molecular complexity index is 299. The van der Waals surface area contributed by atoms with E-state index in [0.717, 1.165) is 25.1 Å². The number of hydrogen-bond donors (Lipinski definition) is 1. The Labute approximate surface area is 83.1 Å². The summed E-state index contributed by atoms with van der Waals surface area (Å²) in [6.07, 6.45) is 1.15. The third-order valence-electron chi connectivity index (χ3n) is 2.38. The summed E-state index contributed by atoms with van der Waals surface area (Å²) >= 11 is 0. The average molecular weight is 195 g/mol. The number of benzene rings is 1. The molecule has 0 radical (unpaired) electrons. The first-order valence-corrected chi connectivity index (χ1v) is 4.91. The molecule has 0 bridgehead atoms. The maximum absolute atomic E-state index is 12.8. The maximum atomic E-state index is 12.8. The molecule has 0 atom stereocenters. The van der Waals surface area contributed by atoms with Crippen LogP contribution >= 0.6 is 0 Å². The molecule has 0 unspecified atom stereocenters. The summed E-state index contributed by atoms with van der Waals surface area (Å²) in [5, 5.41) is 3.13. The van der Waals surface area contributed by atoms with E-state index in [9.17, 15) is 4.39 Å². The number of halogens is 1. The first-order chi connectivity index (χ1) is 6.84. The van der Waals surface area contributed by atoms with Crippen LogP contribution in [-0.4, -0.2) is 25.8 Å². The number of rotatable bonds is 4. The molecule has 1 aliphatic heterocycles. The summed E-state index contributed by atoms with van der Waals surface area (Å²) in [6.45, 7) is 2.57. The van der Waals surface area contributed by atoms with Crippen molar-refractivity contribution in [3.8, 4) is 0 Å². The van der Waals surface area contributed by atoms with Gasteiger partial charge in [0.05, 0.1) is 12.7 Å². The largest absolute Gasteiger partial charge is 0.375 e. The highest BCUT2D eigenvalue weighted by atomic mass is 19.1. The van der Waals surface area contributed by atoms with Gasteiger partial charge in [0.2, 0.25) is 0 Å².